The Labute approximate surface area is 194 Å². The molecule has 11 heteroatoms. The zero-order chi connectivity index (χ0) is 25.0. The van der Waals surface area contributed by atoms with E-state index < -0.39 is 23.7 Å². The zero-order valence-electron chi connectivity index (χ0n) is 18.9. The SMILES string of the molecule is COC(=O)C1=C(C(=O)OC)N(c2ccc(N3CCN(C(C)=O)CC3)c(C(F)(F)F)c2)C=CC=C1. The Morgan fingerprint density at radius 2 is 1.59 bits per heavy atom. The van der Waals surface area contributed by atoms with Crippen LogP contribution in [0, 0.1) is 0 Å². The highest BCUT2D eigenvalue weighted by molar-refractivity contribution is 6.05. The van der Waals surface area contributed by atoms with Crippen LogP contribution in [0.4, 0.5) is 24.5 Å². The Bertz CT molecular complexity index is 1070. The minimum Gasteiger partial charge on any atom is -0.465 e. The Hall–Kier alpha value is -3.76. The first-order valence-electron chi connectivity index (χ1n) is 10.3. The molecule has 0 bridgehead atoms. The standard InChI is InChI=1S/C23H24F3N3O5/c1-15(30)27-10-12-28(13-11-27)19-8-7-16(14-18(19)23(24,25)26)29-9-5-4-6-17(21(31)33-2)20(29)22(32)34-3/h4-9,14H,10-13H2,1-3H3. The number of rotatable bonds is 4. The summed E-state index contributed by atoms with van der Waals surface area (Å²) in [5, 5.41) is 0. The summed E-state index contributed by atoms with van der Waals surface area (Å²) in [4.78, 5) is 40.7. The van der Waals surface area contributed by atoms with Crippen LogP contribution in [-0.2, 0) is 30.0 Å². The normalized spacial score (nSPS) is 16.5. The highest BCUT2D eigenvalue weighted by Crippen LogP contribution is 2.40. The minimum absolute atomic E-state index is 0.000185. The van der Waals surface area contributed by atoms with Gasteiger partial charge in [-0.25, -0.2) is 9.59 Å². The number of halogens is 3. The number of amides is 1. The fourth-order valence-corrected chi connectivity index (χ4v) is 3.80. The van der Waals surface area contributed by atoms with E-state index in [1.54, 1.807) is 9.80 Å². The second kappa shape index (κ2) is 10.0. The third kappa shape index (κ3) is 5.08. The molecule has 0 radical (unpaired) electrons. The van der Waals surface area contributed by atoms with Gasteiger partial charge in [0.2, 0.25) is 5.91 Å². The summed E-state index contributed by atoms with van der Waals surface area (Å²) in [5.74, 6) is -1.90. The van der Waals surface area contributed by atoms with E-state index in [4.69, 9.17) is 9.47 Å². The Morgan fingerprint density at radius 1 is 0.941 bits per heavy atom. The third-order valence-corrected chi connectivity index (χ3v) is 5.52. The van der Waals surface area contributed by atoms with E-state index in [2.05, 4.69) is 0 Å². The van der Waals surface area contributed by atoms with E-state index in [0.29, 0.717) is 13.1 Å². The molecule has 0 spiro atoms. The van der Waals surface area contributed by atoms with Crippen molar-refractivity contribution >= 4 is 29.2 Å². The van der Waals surface area contributed by atoms with Gasteiger partial charge in [-0.2, -0.15) is 13.2 Å². The van der Waals surface area contributed by atoms with E-state index in [0.717, 1.165) is 25.2 Å². The van der Waals surface area contributed by atoms with E-state index in [1.807, 2.05) is 0 Å². The quantitative estimate of drug-likeness (QED) is 0.615. The maximum atomic E-state index is 14.1. The van der Waals surface area contributed by atoms with Gasteiger partial charge in [0.05, 0.1) is 25.4 Å². The van der Waals surface area contributed by atoms with Crippen LogP contribution in [0.2, 0.25) is 0 Å². The number of alkyl halides is 3. The number of carbonyl (C=O) groups is 3. The van der Waals surface area contributed by atoms with E-state index in [-0.39, 0.29) is 41.6 Å². The van der Waals surface area contributed by atoms with Crippen molar-refractivity contribution in [2.24, 2.45) is 0 Å². The van der Waals surface area contributed by atoms with E-state index >= 15 is 0 Å². The third-order valence-electron chi connectivity index (χ3n) is 5.52. The molecule has 0 atom stereocenters. The van der Waals surface area contributed by atoms with Gasteiger partial charge in [-0.3, -0.25) is 4.79 Å². The van der Waals surface area contributed by atoms with Crippen LogP contribution in [0.1, 0.15) is 12.5 Å². The Morgan fingerprint density at radius 3 is 2.15 bits per heavy atom. The molecule has 34 heavy (non-hydrogen) atoms. The van der Waals surface area contributed by atoms with Gasteiger partial charge in [0.25, 0.3) is 0 Å². The molecule has 0 unspecified atom stereocenters. The van der Waals surface area contributed by atoms with Crippen molar-refractivity contribution in [2.75, 3.05) is 50.2 Å². The van der Waals surface area contributed by atoms with Crippen LogP contribution in [0.3, 0.4) is 0 Å². The summed E-state index contributed by atoms with van der Waals surface area (Å²) in [5.41, 5.74) is -1.39. The maximum Gasteiger partial charge on any atom is 0.418 e. The van der Waals surface area contributed by atoms with Crippen LogP contribution >= 0.6 is 0 Å². The molecule has 182 valence electrons. The zero-order valence-corrected chi connectivity index (χ0v) is 18.9. The number of piperazine rings is 1. The predicted molar refractivity (Wildman–Crippen MR) is 118 cm³/mol. The first-order chi connectivity index (χ1) is 16.1. The molecule has 1 aromatic rings. The second-order valence-electron chi connectivity index (χ2n) is 7.51. The molecule has 2 heterocycles. The molecular weight excluding hydrogens is 455 g/mol. The van der Waals surface area contributed by atoms with Gasteiger partial charge in [0.1, 0.15) is 5.70 Å². The van der Waals surface area contributed by atoms with Gasteiger partial charge in [-0.15, -0.1) is 0 Å². The summed E-state index contributed by atoms with van der Waals surface area (Å²) < 4.78 is 51.8. The van der Waals surface area contributed by atoms with Crippen LogP contribution < -0.4 is 9.80 Å². The number of anilines is 2. The Balaban J connectivity index is 2.08. The van der Waals surface area contributed by atoms with Gasteiger partial charge in [0, 0.05) is 50.7 Å². The lowest BCUT2D eigenvalue weighted by atomic mass is 10.1. The van der Waals surface area contributed by atoms with Gasteiger partial charge in [-0.05, 0) is 30.4 Å². The highest BCUT2D eigenvalue weighted by atomic mass is 19.4. The number of allylic oxidation sites excluding steroid dienone is 2. The number of carbonyl (C=O) groups excluding carboxylic acids is 3. The molecule has 2 aliphatic rings. The molecule has 2 aliphatic heterocycles. The predicted octanol–water partition coefficient (Wildman–Crippen LogP) is 2.86. The molecule has 1 fully saturated rings. The lowest BCUT2D eigenvalue weighted by Gasteiger charge is -2.37. The average Bonchev–Trinajstić information content (AvgIpc) is 3.05. The van der Waals surface area contributed by atoms with Crippen molar-refractivity contribution in [3.63, 3.8) is 0 Å². The molecule has 0 saturated carbocycles. The molecule has 0 aromatic heterocycles. The van der Waals surface area contributed by atoms with Crippen molar-refractivity contribution in [1.29, 1.82) is 0 Å². The molecule has 8 nitrogen and oxygen atoms in total. The van der Waals surface area contributed by atoms with Gasteiger partial charge in [-0.1, -0.05) is 6.08 Å². The van der Waals surface area contributed by atoms with Crippen molar-refractivity contribution in [3.05, 3.63) is 59.5 Å². The first-order valence-corrected chi connectivity index (χ1v) is 10.3. The topological polar surface area (TPSA) is 79.4 Å². The van der Waals surface area contributed by atoms with Crippen LogP contribution in [0.5, 0.6) is 0 Å². The smallest absolute Gasteiger partial charge is 0.418 e. The van der Waals surface area contributed by atoms with Crippen LogP contribution in [0.15, 0.2) is 53.9 Å². The summed E-state index contributed by atoms with van der Waals surface area (Å²) in [6.07, 6.45) is 0.919. The van der Waals surface area contributed by atoms with Crippen molar-refractivity contribution < 1.29 is 37.0 Å². The van der Waals surface area contributed by atoms with Gasteiger partial charge >= 0.3 is 18.1 Å². The lowest BCUT2D eigenvalue weighted by molar-refractivity contribution is -0.139. The van der Waals surface area contributed by atoms with Gasteiger partial charge < -0.3 is 24.2 Å². The van der Waals surface area contributed by atoms with Gasteiger partial charge in [0.15, 0.2) is 0 Å². The Kier molecular flexibility index (Phi) is 7.33. The van der Waals surface area contributed by atoms with E-state index in [1.165, 1.54) is 43.5 Å². The summed E-state index contributed by atoms with van der Waals surface area (Å²) in [6.45, 7) is 2.54. The number of hydrogen-bond acceptors (Lipinski definition) is 7. The number of hydrogen-bond donors (Lipinski definition) is 0. The molecule has 1 aromatic carbocycles. The highest BCUT2D eigenvalue weighted by Gasteiger charge is 2.37. The summed E-state index contributed by atoms with van der Waals surface area (Å²) >= 11 is 0. The fraction of sp³-hybridized carbons (Fsp3) is 0.348. The number of nitrogens with zero attached hydrogens (tertiary/aromatic N) is 3. The summed E-state index contributed by atoms with van der Waals surface area (Å²) in [7, 11) is 2.23. The molecule has 0 aliphatic carbocycles. The number of benzene rings is 1. The minimum atomic E-state index is -4.70. The van der Waals surface area contributed by atoms with Crippen molar-refractivity contribution in [3.8, 4) is 0 Å². The monoisotopic (exact) mass is 479 g/mol. The largest absolute Gasteiger partial charge is 0.465 e. The molecule has 1 saturated heterocycles. The van der Waals surface area contributed by atoms with Crippen molar-refractivity contribution in [2.45, 2.75) is 13.1 Å². The maximum absolute atomic E-state index is 14.1. The number of methoxy groups -OCH3 is 2. The lowest BCUT2D eigenvalue weighted by Crippen LogP contribution is -2.48. The molecular formula is C23H24F3N3O5. The van der Waals surface area contributed by atoms with E-state index in [9.17, 15) is 27.6 Å². The summed E-state index contributed by atoms with van der Waals surface area (Å²) in [6, 6.07) is 3.66. The van der Waals surface area contributed by atoms with Crippen LogP contribution in [0.25, 0.3) is 0 Å². The first kappa shape index (κ1) is 24.9. The molecule has 0 N–H and O–H groups in total. The fourth-order valence-electron chi connectivity index (χ4n) is 3.80. The second-order valence-corrected chi connectivity index (χ2v) is 7.51. The molecule has 1 amide bonds. The number of ether oxygens (including phenoxy) is 2. The average molecular weight is 479 g/mol. The molecule has 3 rings (SSSR count). The van der Waals surface area contributed by atoms with Crippen LogP contribution in [-0.4, -0.2) is 63.1 Å². The van der Waals surface area contributed by atoms with Crippen molar-refractivity contribution in [1.82, 2.24) is 4.90 Å². The number of esters is 2.